The zero-order valence-corrected chi connectivity index (χ0v) is 7.91. The Bertz CT molecular complexity index is 310. The molecule has 2 nitrogen and oxygen atoms in total. The highest BCUT2D eigenvalue weighted by molar-refractivity contribution is 5.34. The summed E-state index contributed by atoms with van der Waals surface area (Å²) in [5, 5.41) is 12.6. The van der Waals surface area contributed by atoms with E-state index in [4.69, 9.17) is 0 Å². The first-order valence-electron chi connectivity index (χ1n) is 4.94. The van der Waals surface area contributed by atoms with Crippen molar-refractivity contribution in [1.82, 2.24) is 5.32 Å². The average molecular weight is 195 g/mol. The fraction of sp³-hybridized carbons (Fsp3) is 0.455. The third-order valence-electron chi connectivity index (χ3n) is 2.69. The summed E-state index contributed by atoms with van der Waals surface area (Å²) in [5.41, 5.74) is 0.395. The number of benzene rings is 1. The maximum absolute atomic E-state index is 13.9. The summed E-state index contributed by atoms with van der Waals surface area (Å²) in [5.74, 6) is 0.0497. The SMILES string of the molecule is Oc1ccccc1C(F)C1CCCN1. The lowest BCUT2D eigenvalue weighted by Crippen LogP contribution is -2.26. The first-order valence-corrected chi connectivity index (χ1v) is 4.94. The molecule has 0 aromatic heterocycles. The minimum atomic E-state index is -1.10. The van der Waals surface area contributed by atoms with Crippen molar-refractivity contribution in [1.29, 1.82) is 0 Å². The highest BCUT2D eigenvalue weighted by Crippen LogP contribution is 2.31. The first kappa shape index (κ1) is 9.46. The minimum absolute atomic E-state index is 0.0497. The fourth-order valence-electron chi connectivity index (χ4n) is 1.90. The summed E-state index contributed by atoms with van der Waals surface area (Å²) >= 11 is 0. The lowest BCUT2D eigenvalue weighted by molar-refractivity contribution is 0.264. The van der Waals surface area contributed by atoms with E-state index in [1.807, 2.05) is 0 Å². The molecule has 14 heavy (non-hydrogen) atoms. The third-order valence-corrected chi connectivity index (χ3v) is 2.69. The van der Waals surface area contributed by atoms with Gasteiger partial charge in [0.2, 0.25) is 0 Å². The standard InChI is InChI=1S/C11H14FNO/c12-11(9-5-3-7-13-9)8-4-1-2-6-10(8)14/h1-2,4,6,9,11,13-14H,3,5,7H2. The summed E-state index contributed by atoms with van der Waals surface area (Å²) in [6.45, 7) is 0.874. The van der Waals surface area contributed by atoms with E-state index in [0.29, 0.717) is 5.56 Å². The summed E-state index contributed by atoms with van der Waals surface area (Å²) in [6.07, 6.45) is 0.757. The Morgan fingerprint density at radius 2 is 2.21 bits per heavy atom. The van der Waals surface area contributed by atoms with Gasteiger partial charge < -0.3 is 10.4 Å². The number of nitrogens with one attached hydrogen (secondary N) is 1. The van der Waals surface area contributed by atoms with Crippen LogP contribution >= 0.6 is 0 Å². The topological polar surface area (TPSA) is 32.3 Å². The van der Waals surface area contributed by atoms with Crippen LogP contribution in [-0.4, -0.2) is 17.7 Å². The zero-order chi connectivity index (χ0) is 9.97. The molecule has 0 aliphatic carbocycles. The van der Waals surface area contributed by atoms with E-state index < -0.39 is 6.17 Å². The molecule has 1 saturated heterocycles. The molecule has 1 aromatic carbocycles. The quantitative estimate of drug-likeness (QED) is 0.757. The molecule has 0 spiro atoms. The van der Waals surface area contributed by atoms with Gasteiger partial charge in [0, 0.05) is 11.6 Å². The predicted molar refractivity (Wildman–Crippen MR) is 53.0 cm³/mol. The largest absolute Gasteiger partial charge is 0.508 e. The number of hydrogen-bond acceptors (Lipinski definition) is 2. The molecule has 1 heterocycles. The van der Waals surface area contributed by atoms with Crippen LogP contribution in [0.4, 0.5) is 4.39 Å². The van der Waals surface area contributed by atoms with Gasteiger partial charge >= 0.3 is 0 Å². The van der Waals surface area contributed by atoms with Crippen LogP contribution in [0, 0.1) is 0 Å². The van der Waals surface area contributed by atoms with Gasteiger partial charge in [0.1, 0.15) is 11.9 Å². The number of aromatic hydroxyl groups is 1. The molecule has 76 valence electrons. The van der Waals surface area contributed by atoms with Gasteiger partial charge in [0.05, 0.1) is 0 Å². The van der Waals surface area contributed by atoms with E-state index in [-0.39, 0.29) is 11.8 Å². The van der Waals surface area contributed by atoms with Gasteiger partial charge in [-0.05, 0) is 25.5 Å². The molecule has 1 aliphatic rings. The second-order valence-electron chi connectivity index (χ2n) is 3.66. The molecular formula is C11H14FNO. The zero-order valence-electron chi connectivity index (χ0n) is 7.91. The fourth-order valence-corrected chi connectivity index (χ4v) is 1.90. The summed E-state index contributed by atoms with van der Waals surface area (Å²) in [4.78, 5) is 0. The van der Waals surface area contributed by atoms with Crippen LogP contribution in [0.3, 0.4) is 0 Å². The van der Waals surface area contributed by atoms with Crippen molar-refractivity contribution in [2.45, 2.75) is 25.1 Å². The summed E-state index contributed by atoms with van der Waals surface area (Å²) in [6, 6.07) is 6.48. The number of para-hydroxylation sites is 1. The summed E-state index contributed by atoms with van der Waals surface area (Å²) < 4.78 is 13.9. The molecule has 2 atom stereocenters. The maximum atomic E-state index is 13.9. The van der Waals surface area contributed by atoms with E-state index in [1.54, 1.807) is 18.2 Å². The highest BCUT2D eigenvalue weighted by atomic mass is 19.1. The molecule has 1 aliphatic heterocycles. The summed E-state index contributed by atoms with van der Waals surface area (Å²) in [7, 11) is 0. The Morgan fingerprint density at radius 1 is 1.43 bits per heavy atom. The van der Waals surface area contributed by atoms with Crippen molar-refractivity contribution in [3.63, 3.8) is 0 Å². The maximum Gasteiger partial charge on any atom is 0.144 e. The molecular weight excluding hydrogens is 181 g/mol. The van der Waals surface area contributed by atoms with Crippen molar-refractivity contribution in [3.05, 3.63) is 29.8 Å². The average Bonchev–Trinajstić information content (AvgIpc) is 2.70. The lowest BCUT2D eigenvalue weighted by atomic mass is 10.0. The van der Waals surface area contributed by atoms with Crippen molar-refractivity contribution in [3.8, 4) is 5.75 Å². The van der Waals surface area contributed by atoms with Crippen molar-refractivity contribution < 1.29 is 9.50 Å². The molecule has 3 heteroatoms. The van der Waals surface area contributed by atoms with Crippen LogP contribution in [0.1, 0.15) is 24.6 Å². The van der Waals surface area contributed by atoms with Crippen molar-refractivity contribution in [2.24, 2.45) is 0 Å². The van der Waals surface area contributed by atoms with Crippen LogP contribution in [-0.2, 0) is 0 Å². The highest BCUT2D eigenvalue weighted by Gasteiger charge is 2.27. The lowest BCUT2D eigenvalue weighted by Gasteiger charge is -2.16. The van der Waals surface area contributed by atoms with Crippen LogP contribution in [0.15, 0.2) is 24.3 Å². The Labute approximate surface area is 82.8 Å². The van der Waals surface area contributed by atoms with E-state index in [2.05, 4.69) is 5.32 Å². The van der Waals surface area contributed by atoms with Gasteiger partial charge in [-0.15, -0.1) is 0 Å². The molecule has 1 fully saturated rings. The Hall–Kier alpha value is -1.09. The monoisotopic (exact) mass is 195 g/mol. The second-order valence-corrected chi connectivity index (χ2v) is 3.66. The number of phenols is 1. The number of hydrogen-bond donors (Lipinski definition) is 2. The van der Waals surface area contributed by atoms with E-state index in [0.717, 1.165) is 19.4 Å². The van der Waals surface area contributed by atoms with Crippen LogP contribution in [0.25, 0.3) is 0 Å². The van der Waals surface area contributed by atoms with Gasteiger partial charge in [0.25, 0.3) is 0 Å². The normalized spacial score (nSPS) is 23.6. The molecule has 2 unspecified atom stereocenters. The molecule has 1 aromatic rings. The third kappa shape index (κ3) is 1.73. The first-order chi connectivity index (χ1) is 6.79. The van der Waals surface area contributed by atoms with Gasteiger partial charge in [-0.25, -0.2) is 4.39 Å². The predicted octanol–water partition coefficient (Wildman–Crippen LogP) is 2.15. The van der Waals surface area contributed by atoms with Crippen LogP contribution in [0.5, 0.6) is 5.75 Å². The van der Waals surface area contributed by atoms with Gasteiger partial charge in [-0.1, -0.05) is 18.2 Å². The molecule has 0 saturated carbocycles. The van der Waals surface area contributed by atoms with Gasteiger partial charge in [0.15, 0.2) is 0 Å². The number of phenolic OH excluding ortho intramolecular Hbond substituents is 1. The molecule has 2 rings (SSSR count). The van der Waals surface area contributed by atoms with Crippen LogP contribution in [0.2, 0.25) is 0 Å². The number of rotatable bonds is 2. The van der Waals surface area contributed by atoms with Gasteiger partial charge in [-0.2, -0.15) is 0 Å². The van der Waals surface area contributed by atoms with Gasteiger partial charge in [-0.3, -0.25) is 0 Å². The Morgan fingerprint density at radius 3 is 2.86 bits per heavy atom. The smallest absolute Gasteiger partial charge is 0.144 e. The molecule has 0 radical (unpaired) electrons. The Kier molecular flexibility index (Phi) is 2.68. The second kappa shape index (κ2) is 3.96. The number of halogens is 1. The molecule has 0 amide bonds. The van der Waals surface area contributed by atoms with Crippen LogP contribution < -0.4 is 5.32 Å². The van der Waals surface area contributed by atoms with Crippen molar-refractivity contribution in [2.75, 3.05) is 6.54 Å². The molecule has 0 bridgehead atoms. The van der Waals surface area contributed by atoms with E-state index >= 15 is 0 Å². The van der Waals surface area contributed by atoms with E-state index in [9.17, 15) is 9.50 Å². The van der Waals surface area contributed by atoms with Crippen molar-refractivity contribution >= 4 is 0 Å². The minimum Gasteiger partial charge on any atom is -0.508 e. The molecule has 2 N–H and O–H groups in total. The van der Waals surface area contributed by atoms with E-state index in [1.165, 1.54) is 6.07 Å². The number of alkyl halides is 1. The Balaban J connectivity index is 2.17.